The van der Waals surface area contributed by atoms with Crippen molar-refractivity contribution in [2.45, 2.75) is 33.1 Å². The van der Waals surface area contributed by atoms with Gasteiger partial charge < -0.3 is 0 Å². The highest BCUT2D eigenvalue weighted by Crippen LogP contribution is 2.38. The van der Waals surface area contributed by atoms with Gasteiger partial charge in [-0.3, -0.25) is 9.59 Å². The van der Waals surface area contributed by atoms with Crippen LogP contribution in [0.3, 0.4) is 0 Å². The smallest absolute Gasteiger partial charge is 0.144 e. The third-order valence-electron chi connectivity index (χ3n) is 2.76. The van der Waals surface area contributed by atoms with Gasteiger partial charge in [0.2, 0.25) is 0 Å². The van der Waals surface area contributed by atoms with E-state index in [1.807, 2.05) is 13.8 Å². The molecule has 0 radical (unpaired) electrons. The fourth-order valence-electron chi connectivity index (χ4n) is 2.06. The van der Waals surface area contributed by atoms with E-state index in [1.54, 1.807) is 6.08 Å². The summed E-state index contributed by atoms with van der Waals surface area (Å²) in [5.41, 5.74) is -0.180. The zero-order chi connectivity index (χ0) is 10.1. The standard InChI is InChI=1S/C11H16O2/c1-4-5-9-10(13)6-8(12)7-11(9,2)3/h4,9H,1,5-7H2,2-3H3. The second kappa shape index (κ2) is 3.44. The van der Waals surface area contributed by atoms with Crippen LogP contribution in [-0.4, -0.2) is 11.6 Å². The average molecular weight is 180 g/mol. The maximum Gasteiger partial charge on any atom is 0.144 e. The molecule has 1 unspecified atom stereocenters. The average Bonchev–Trinajstić information content (AvgIpc) is 1.95. The normalized spacial score (nSPS) is 27.4. The summed E-state index contributed by atoms with van der Waals surface area (Å²) in [7, 11) is 0. The summed E-state index contributed by atoms with van der Waals surface area (Å²) in [6.45, 7) is 7.60. The van der Waals surface area contributed by atoms with Gasteiger partial charge in [-0.2, -0.15) is 0 Å². The molecule has 1 aliphatic carbocycles. The predicted molar refractivity (Wildman–Crippen MR) is 51.3 cm³/mol. The molecule has 0 heterocycles. The highest BCUT2D eigenvalue weighted by atomic mass is 16.1. The summed E-state index contributed by atoms with van der Waals surface area (Å²) in [5, 5.41) is 0. The number of Topliss-reactive ketones (excluding diaryl/α,β-unsaturated/α-hetero) is 2. The van der Waals surface area contributed by atoms with Crippen LogP contribution in [0.1, 0.15) is 33.1 Å². The lowest BCUT2D eigenvalue weighted by Gasteiger charge is -2.35. The Morgan fingerprint density at radius 3 is 2.62 bits per heavy atom. The number of rotatable bonds is 2. The molecule has 1 atom stereocenters. The number of hydrogen-bond donors (Lipinski definition) is 0. The molecular weight excluding hydrogens is 164 g/mol. The number of carbonyl (C=O) groups excluding carboxylic acids is 2. The van der Waals surface area contributed by atoms with Gasteiger partial charge >= 0.3 is 0 Å². The van der Waals surface area contributed by atoms with Crippen molar-refractivity contribution in [2.24, 2.45) is 11.3 Å². The fraction of sp³-hybridized carbons (Fsp3) is 0.636. The molecule has 2 heteroatoms. The predicted octanol–water partition coefficient (Wildman–Crippen LogP) is 2.14. The summed E-state index contributed by atoms with van der Waals surface area (Å²) in [6.07, 6.45) is 3.11. The van der Waals surface area contributed by atoms with Crippen LogP contribution in [0.25, 0.3) is 0 Å². The Kier molecular flexibility index (Phi) is 2.69. The van der Waals surface area contributed by atoms with Crippen LogP contribution in [0.5, 0.6) is 0 Å². The quantitative estimate of drug-likeness (QED) is 0.482. The zero-order valence-electron chi connectivity index (χ0n) is 8.30. The van der Waals surface area contributed by atoms with Gasteiger partial charge in [0.15, 0.2) is 0 Å². The zero-order valence-corrected chi connectivity index (χ0v) is 8.30. The Balaban J connectivity index is 2.84. The van der Waals surface area contributed by atoms with E-state index >= 15 is 0 Å². The summed E-state index contributed by atoms with van der Waals surface area (Å²) in [6, 6.07) is 0. The van der Waals surface area contributed by atoms with E-state index in [0.717, 1.165) is 0 Å². The van der Waals surface area contributed by atoms with Gasteiger partial charge in [-0.15, -0.1) is 6.58 Å². The highest BCUT2D eigenvalue weighted by Gasteiger charge is 2.40. The first kappa shape index (κ1) is 10.2. The molecule has 1 rings (SSSR count). The Morgan fingerprint density at radius 1 is 1.54 bits per heavy atom. The van der Waals surface area contributed by atoms with Crippen molar-refractivity contribution in [3.05, 3.63) is 12.7 Å². The first-order valence-electron chi connectivity index (χ1n) is 4.62. The number of ketones is 2. The van der Waals surface area contributed by atoms with Gasteiger partial charge in [-0.25, -0.2) is 0 Å². The highest BCUT2D eigenvalue weighted by molar-refractivity contribution is 6.03. The van der Waals surface area contributed by atoms with Crippen LogP contribution in [0.4, 0.5) is 0 Å². The van der Waals surface area contributed by atoms with Crippen LogP contribution in [0, 0.1) is 11.3 Å². The van der Waals surface area contributed by atoms with Crippen LogP contribution in [-0.2, 0) is 9.59 Å². The van der Waals surface area contributed by atoms with Gasteiger partial charge in [0, 0.05) is 12.3 Å². The molecule has 1 fully saturated rings. The van der Waals surface area contributed by atoms with E-state index in [4.69, 9.17) is 0 Å². The Bertz CT molecular complexity index is 251. The van der Waals surface area contributed by atoms with Crippen LogP contribution >= 0.6 is 0 Å². The molecule has 0 aromatic carbocycles. The second-order valence-electron chi connectivity index (χ2n) is 4.42. The molecule has 1 aliphatic rings. The first-order valence-corrected chi connectivity index (χ1v) is 4.62. The van der Waals surface area contributed by atoms with Gasteiger partial charge in [-0.05, 0) is 11.8 Å². The minimum atomic E-state index is -0.180. The van der Waals surface area contributed by atoms with Gasteiger partial charge in [0.1, 0.15) is 11.6 Å². The summed E-state index contributed by atoms with van der Waals surface area (Å²) in [5.74, 6) is 0.152. The Hall–Kier alpha value is -0.920. The lowest BCUT2D eigenvalue weighted by Crippen LogP contribution is -2.39. The second-order valence-corrected chi connectivity index (χ2v) is 4.42. The number of allylic oxidation sites excluding steroid dienone is 1. The maximum absolute atomic E-state index is 11.5. The van der Waals surface area contributed by atoms with Crippen molar-refractivity contribution in [3.8, 4) is 0 Å². The third kappa shape index (κ3) is 2.06. The number of hydrogen-bond acceptors (Lipinski definition) is 2. The lowest BCUT2D eigenvalue weighted by atomic mass is 9.66. The monoisotopic (exact) mass is 180 g/mol. The van der Waals surface area contributed by atoms with Crippen LogP contribution in [0.15, 0.2) is 12.7 Å². The van der Waals surface area contributed by atoms with Crippen molar-refractivity contribution < 1.29 is 9.59 Å². The largest absolute Gasteiger partial charge is 0.299 e. The Labute approximate surface area is 79.0 Å². The summed E-state index contributed by atoms with van der Waals surface area (Å²) in [4.78, 5) is 22.7. The molecule has 0 amide bonds. The first-order chi connectivity index (χ1) is 5.97. The third-order valence-corrected chi connectivity index (χ3v) is 2.76. The van der Waals surface area contributed by atoms with E-state index in [0.29, 0.717) is 12.8 Å². The SMILES string of the molecule is C=CCC1C(=O)CC(=O)CC1(C)C. The van der Waals surface area contributed by atoms with Gasteiger partial charge in [0.05, 0.1) is 6.42 Å². The molecule has 0 bridgehead atoms. The molecule has 0 saturated heterocycles. The topological polar surface area (TPSA) is 34.1 Å². The van der Waals surface area contributed by atoms with E-state index < -0.39 is 0 Å². The van der Waals surface area contributed by atoms with E-state index in [2.05, 4.69) is 6.58 Å². The number of carbonyl (C=O) groups is 2. The van der Waals surface area contributed by atoms with Crippen molar-refractivity contribution >= 4 is 11.6 Å². The van der Waals surface area contributed by atoms with E-state index in [1.165, 1.54) is 0 Å². The molecule has 0 aliphatic heterocycles. The molecule has 72 valence electrons. The minimum Gasteiger partial charge on any atom is -0.299 e. The molecule has 13 heavy (non-hydrogen) atoms. The van der Waals surface area contributed by atoms with Crippen molar-refractivity contribution in [2.75, 3.05) is 0 Å². The van der Waals surface area contributed by atoms with Crippen molar-refractivity contribution in [3.63, 3.8) is 0 Å². The molecule has 0 aromatic rings. The van der Waals surface area contributed by atoms with Crippen LogP contribution < -0.4 is 0 Å². The molecule has 2 nitrogen and oxygen atoms in total. The molecule has 1 saturated carbocycles. The van der Waals surface area contributed by atoms with Gasteiger partial charge in [-0.1, -0.05) is 19.9 Å². The summed E-state index contributed by atoms with van der Waals surface area (Å²) >= 11 is 0. The molecule has 0 aromatic heterocycles. The van der Waals surface area contributed by atoms with Gasteiger partial charge in [0.25, 0.3) is 0 Å². The fourth-order valence-corrected chi connectivity index (χ4v) is 2.06. The minimum absolute atomic E-state index is 0.0114. The lowest BCUT2D eigenvalue weighted by molar-refractivity contribution is -0.138. The summed E-state index contributed by atoms with van der Waals surface area (Å²) < 4.78 is 0. The van der Waals surface area contributed by atoms with Crippen molar-refractivity contribution in [1.82, 2.24) is 0 Å². The van der Waals surface area contributed by atoms with Crippen molar-refractivity contribution in [1.29, 1.82) is 0 Å². The molecular formula is C11H16O2. The van der Waals surface area contributed by atoms with Crippen LogP contribution in [0.2, 0.25) is 0 Å². The Morgan fingerprint density at radius 2 is 2.15 bits per heavy atom. The maximum atomic E-state index is 11.5. The molecule has 0 spiro atoms. The van der Waals surface area contributed by atoms with E-state index in [-0.39, 0.29) is 29.3 Å². The van der Waals surface area contributed by atoms with E-state index in [9.17, 15) is 9.59 Å². The molecule has 0 N–H and O–H groups in total.